The summed E-state index contributed by atoms with van der Waals surface area (Å²) in [4.78, 5) is 26.7. The molecule has 4 heteroatoms. The molecule has 0 bridgehead atoms. The summed E-state index contributed by atoms with van der Waals surface area (Å²) < 4.78 is 0. The molecule has 1 aliphatic heterocycles. The fraction of sp³-hybridized carbons (Fsp3) is 0.467. The van der Waals surface area contributed by atoms with E-state index in [1.54, 1.807) is 16.8 Å². The summed E-state index contributed by atoms with van der Waals surface area (Å²) >= 11 is 0. The van der Waals surface area contributed by atoms with E-state index >= 15 is 0 Å². The van der Waals surface area contributed by atoms with Crippen LogP contribution in [0.1, 0.15) is 29.7 Å². The van der Waals surface area contributed by atoms with Gasteiger partial charge in [0.25, 0.3) is 0 Å². The molecule has 1 saturated heterocycles. The number of likely N-dealkylation sites (N-methyl/N-ethyl adjacent to an activating group) is 1. The highest BCUT2D eigenvalue weighted by atomic mass is 16.2. The van der Waals surface area contributed by atoms with Crippen molar-refractivity contribution >= 4 is 11.8 Å². The molecule has 0 radical (unpaired) electrons. The quantitative estimate of drug-likeness (QED) is 0.836. The Morgan fingerprint density at radius 2 is 2.05 bits per heavy atom. The van der Waals surface area contributed by atoms with E-state index in [4.69, 9.17) is 0 Å². The minimum atomic E-state index is -0.0684. The van der Waals surface area contributed by atoms with Gasteiger partial charge in [-0.05, 0) is 31.9 Å². The second-order valence-electron chi connectivity index (χ2n) is 5.35. The van der Waals surface area contributed by atoms with Gasteiger partial charge in [0.15, 0.2) is 0 Å². The monoisotopic (exact) mass is 260 g/mol. The Bertz CT molecular complexity index is 525. The van der Waals surface area contributed by atoms with E-state index in [-0.39, 0.29) is 24.4 Å². The molecule has 0 aliphatic carbocycles. The minimum absolute atomic E-state index is 0.0170. The fourth-order valence-corrected chi connectivity index (χ4v) is 2.59. The van der Waals surface area contributed by atoms with Crippen molar-refractivity contribution in [2.45, 2.75) is 26.8 Å². The lowest BCUT2D eigenvalue weighted by Gasteiger charge is -2.20. The molecule has 1 aliphatic rings. The Morgan fingerprint density at radius 3 is 2.68 bits per heavy atom. The van der Waals surface area contributed by atoms with Crippen LogP contribution in [0, 0.1) is 13.8 Å². The fourth-order valence-electron chi connectivity index (χ4n) is 2.59. The highest BCUT2D eigenvalue weighted by Crippen LogP contribution is 2.30. The molecule has 1 fully saturated rings. The van der Waals surface area contributed by atoms with E-state index in [0.29, 0.717) is 6.54 Å². The smallest absolute Gasteiger partial charge is 0.319 e. The maximum absolute atomic E-state index is 12.1. The number of hydrogen-bond acceptors (Lipinski definition) is 2. The summed E-state index contributed by atoms with van der Waals surface area (Å²) in [5.74, 6) is 0.0170. The largest absolute Gasteiger partial charge is 0.320 e. The van der Waals surface area contributed by atoms with Crippen LogP contribution in [-0.2, 0) is 4.79 Å². The van der Waals surface area contributed by atoms with E-state index in [1.165, 1.54) is 23.6 Å². The highest BCUT2D eigenvalue weighted by Gasteiger charge is 2.36. The Hall–Kier alpha value is -1.84. The first-order valence-corrected chi connectivity index (χ1v) is 6.48. The van der Waals surface area contributed by atoms with Crippen LogP contribution in [0.5, 0.6) is 0 Å². The van der Waals surface area contributed by atoms with Crippen LogP contribution >= 0.6 is 0 Å². The topological polar surface area (TPSA) is 40.6 Å². The maximum atomic E-state index is 12.1. The van der Waals surface area contributed by atoms with Gasteiger partial charge in [0.2, 0.25) is 0 Å². The summed E-state index contributed by atoms with van der Waals surface area (Å²) in [6.07, 6.45) is 0. The van der Waals surface area contributed by atoms with Gasteiger partial charge >= 0.3 is 6.03 Å². The second kappa shape index (κ2) is 5.03. The first-order valence-electron chi connectivity index (χ1n) is 6.48. The van der Waals surface area contributed by atoms with E-state index in [9.17, 15) is 9.59 Å². The molecule has 1 aromatic carbocycles. The molecule has 0 saturated carbocycles. The minimum Gasteiger partial charge on any atom is -0.319 e. The average molecular weight is 260 g/mol. The van der Waals surface area contributed by atoms with Crippen molar-refractivity contribution in [3.8, 4) is 0 Å². The Morgan fingerprint density at radius 1 is 1.37 bits per heavy atom. The molecule has 4 nitrogen and oxygen atoms in total. The van der Waals surface area contributed by atoms with Crippen LogP contribution < -0.4 is 0 Å². The van der Waals surface area contributed by atoms with Crippen LogP contribution in [0.4, 0.5) is 4.79 Å². The number of nitrogens with zero attached hydrogens (tertiary/aromatic N) is 2. The van der Waals surface area contributed by atoms with Gasteiger partial charge in [0.1, 0.15) is 5.78 Å². The maximum Gasteiger partial charge on any atom is 0.320 e. The van der Waals surface area contributed by atoms with Crippen molar-refractivity contribution < 1.29 is 9.59 Å². The molecule has 1 atom stereocenters. The van der Waals surface area contributed by atoms with Gasteiger partial charge in [0, 0.05) is 13.6 Å². The van der Waals surface area contributed by atoms with Crippen molar-refractivity contribution in [3.63, 3.8) is 0 Å². The number of amides is 2. The molecule has 102 valence electrons. The predicted molar refractivity (Wildman–Crippen MR) is 74.1 cm³/mol. The molecule has 0 spiro atoms. The van der Waals surface area contributed by atoms with Gasteiger partial charge in [-0.25, -0.2) is 4.79 Å². The molecule has 1 unspecified atom stereocenters. The Labute approximate surface area is 114 Å². The third-order valence-electron chi connectivity index (χ3n) is 3.64. The number of Topliss-reactive ketones (excluding diaryl/α,β-unsaturated/α-hetero) is 1. The summed E-state index contributed by atoms with van der Waals surface area (Å²) in [7, 11) is 1.80. The summed E-state index contributed by atoms with van der Waals surface area (Å²) in [6.45, 7) is 6.40. The number of carbonyl (C=O) groups excluding carboxylic acids is 2. The Kier molecular flexibility index (Phi) is 3.60. The first-order chi connectivity index (χ1) is 8.90. The number of aryl methyl sites for hydroxylation is 2. The van der Waals surface area contributed by atoms with Gasteiger partial charge in [0.05, 0.1) is 12.6 Å². The number of ketones is 1. The molecule has 1 heterocycles. The zero-order valence-electron chi connectivity index (χ0n) is 11.9. The van der Waals surface area contributed by atoms with E-state index in [2.05, 4.69) is 25.1 Å². The molecule has 0 N–H and O–H groups in total. The van der Waals surface area contributed by atoms with Crippen molar-refractivity contribution in [2.24, 2.45) is 0 Å². The lowest BCUT2D eigenvalue weighted by atomic mass is 9.99. The van der Waals surface area contributed by atoms with Crippen LogP contribution in [-0.4, -0.2) is 41.8 Å². The lowest BCUT2D eigenvalue weighted by molar-refractivity contribution is -0.117. The van der Waals surface area contributed by atoms with Crippen LogP contribution in [0.25, 0.3) is 0 Å². The molecule has 2 rings (SSSR count). The molecule has 0 aromatic heterocycles. The average Bonchev–Trinajstić information content (AvgIpc) is 2.60. The zero-order chi connectivity index (χ0) is 14.2. The van der Waals surface area contributed by atoms with Gasteiger partial charge in [-0.15, -0.1) is 0 Å². The van der Waals surface area contributed by atoms with E-state index in [0.717, 1.165) is 0 Å². The van der Waals surface area contributed by atoms with Gasteiger partial charge < -0.3 is 9.80 Å². The molecule has 19 heavy (non-hydrogen) atoms. The second-order valence-corrected chi connectivity index (χ2v) is 5.35. The SMILES string of the molecule is CC(=O)CN1CC(c2cc(C)ccc2C)N(C)C1=O. The standard InChI is InChI=1S/C15H20N2O2/c1-10-5-6-11(2)13(7-10)14-9-17(8-12(3)18)15(19)16(14)4/h5-7,14H,8-9H2,1-4H3. The predicted octanol–water partition coefficient (Wildman–Crippen LogP) is 2.30. The van der Waals surface area contributed by atoms with Crippen LogP contribution in [0.2, 0.25) is 0 Å². The van der Waals surface area contributed by atoms with E-state index < -0.39 is 0 Å². The zero-order valence-corrected chi connectivity index (χ0v) is 11.9. The summed E-state index contributed by atoms with van der Waals surface area (Å²) in [5, 5.41) is 0. The normalized spacial score (nSPS) is 19.2. The molecular formula is C15H20N2O2. The molecule has 1 aromatic rings. The summed E-state index contributed by atoms with van der Waals surface area (Å²) in [6, 6.07) is 6.24. The van der Waals surface area contributed by atoms with Gasteiger partial charge in [-0.1, -0.05) is 23.8 Å². The third-order valence-corrected chi connectivity index (χ3v) is 3.64. The lowest BCUT2D eigenvalue weighted by Crippen LogP contribution is -2.33. The van der Waals surface area contributed by atoms with Crippen molar-refractivity contribution in [3.05, 3.63) is 34.9 Å². The number of carbonyl (C=O) groups is 2. The van der Waals surface area contributed by atoms with E-state index in [1.807, 2.05) is 6.92 Å². The molecular weight excluding hydrogens is 240 g/mol. The Balaban J connectivity index is 2.28. The number of urea groups is 1. The number of benzene rings is 1. The molecule has 2 amide bonds. The summed E-state index contributed by atoms with van der Waals surface area (Å²) in [5.41, 5.74) is 3.54. The van der Waals surface area contributed by atoms with Crippen LogP contribution in [0.15, 0.2) is 18.2 Å². The first kappa shape index (κ1) is 13.6. The van der Waals surface area contributed by atoms with Crippen LogP contribution in [0.3, 0.4) is 0 Å². The van der Waals surface area contributed by atoms with Crippen molar-refractivity contribution in [1.82, 2.24) is 9.80 Å². The van der Waals surface area contributed by atoms with Gasteiger partial charge in [-0.2, -0.15) is 0 Å². The van der Waals surface area contributed by atoms with Crippen molar-refractivity contribution in [2.75, 3.05) is 20.1 Å². The number of hydrogen-bond donors (Lipinski definition) is 0. The third kappa shape index (κ3) is 2.62. The highest BCUT2D eigenvalue weighted by molar-refractivity contribution is 5.85. The van der Waals surface area contributed by atoms with Gasteiger partial charge in [-0.3, -0.25) is 4.79 Å². The van der Waals surface area contributed by atoms with Crippen molar-refractivity contribution in [1.29, 1.82) is 0 Å². The number of rotatable bonds is 3.